The Hall–Kier alpha value is -1.46. The molecule has 2 unspecified atom stereocenters. The Kier molecular flexibility index (Phi) is 4.73. The molecule has 0 aromatic heterocycles. The van der Waals surface area contributed by atoms with E-state index in [2.05, 4.69) is 10.2 Å². The highest BCUT2D eigenvalue weighted by molar-refractivity contribution is 5.81. The first-order chi connectivity index (χ1) is 9.49. The number of benzene rings is 1. The monoisotopic (exact) mass is 279 g/mol. The zero-order chi connectivity index (χ0) is 14.7. The molecule has 0 saturated carbocycles. The van der Waals surface area contributed by atoms with Gasteiger partial charge in [-0.25, -0.2) is 4.39 Å². The van der Waals surface area contributed by atoms with Crippen LogP contribution in [0.4, 0.5) is 4.39 Å². The van der Waals surface area contributed by atoms with Gasteiger partial charge in [-0.2, -0.15) is 0 Å². The van der Waals surface area contributed by atoms with E-state index in [9.17, 15) is 9.18 Å². The third-order valence-electron chi connectivity index (χ3n) is 3.65. The van der Waals surface area contributed by atoms with Crippen LogP contribution in [-0.4, -0.2) is 48.9 Å². The fraction of sp³-hybridized carbons (Fsp3) is 0.533. The summed E-state index contributed by atoms with van der Waals surface area (Å²) in [6.07, 6.45) is 0.669. The van der Waals surface area contributed by atoms with Crippen molar-refractivity contribution in [2.24, 2.45) is 0 Å². The first-order valence-electron chi connectivity index (χ1n) is 6.94. The number of halogens is 1. The molecule has 5 heteroatoms. The maximum Gasteiger partial charge on any atom is 0.238 e. The first kappa shape index (κ1) is 14.9. The summed E-state index contributed by atoms with van der Waals surface area (Å²) in [5.74, 6) is -0.199. The number of carbonyl (C=O) groups is 1. The minimum absolute atomic E-state index is 0.0746. The van der Waals surface area contributed by atoms with Crippen LogP contribution in [0.2, 0.25) is 0 Å². The molecule has 1 fully saturated rings. The minimum atomic E-state index is -0.274. The van der Waals surface area contributed by atoms with Crippen LogP contribution in [0.5, 0.6) is 0 Å². The molecule has 1 aliphatic rings. The number of carbonyl (C=O) groups excluding carboxylic acids is 1. The van der Waals surface area contributed by atoms with E-state index in [1.54, 1.807) is 6.07 Å². The summed E-state index contributed by atoms with van der Waals surface area (Å²) in [6.45, 7) is 3.27. The van der Waals surface area contributed by atoms with Crippen LogP contribution in [-0.2, 0) is 4.79 Å². The second kappa shape index (κ2) is 6.33. The Labute approximate surface area is 119 Å². The number of nitrogens with zero attached hydrogens (tertiary/aromatic N) is 2. The highest BCUT2D eigenvalue weighted by Gasteiger charge is 2.34. The normalized spacial score (nSPS) is 20.8. The highest BCUT2D eigenvalue weighted by atomic mass is 19.1. The van der Waals surface area contributed by atoms with Gasteiger partial charge in [-0.1, -0.05) is 12.1 Å². The largest absolute Gasteiger partial charge is 0.319 e. The van der Waals surface area contributed by atoms with Gasteiger partial charge >= 0.3 is 0 Å². The lowest BCUT2D eigenvalue weighted by molar-refractivity contribution is -0.130. The lowest BCUT2D eigenvalue weighted by atomic mass is 10.1. The molecule has 0 bridgehead atoms. The van der Waals surface area contributed by atoms with Crippen molar-refractivity contribution in [3.05, 3.63) is 35.6 Å². The lowest BCUT2D eigenvalue weighted by Gasteiger charge is -2.31. The highest BCUT2D eigenvalue weighted by Crippen LogP contribution is 2.26. The zero-order valence-corrected chi connectivity index (χ0v) is 12.3. The van der Waals surface area contributed by atoms with Gasteiger partial charge in [0.25, 0.3) is 0 Å². The first-order valence-corrected chi connectivity index (χ1v) is 6.94. The Morgan fingerprint density at radius 2 is 2.25 bits per heavy atom. The van der Waals surface area contributed by atoms with E-state index in [4.69, 9.17) is 0 Å². The molecule has 1 aliphatic heterocycles. The van der Waals surface area contributed by atoms with E-state index in [0.717, 1.165) is 18.5 Å². The van der Waals surface area contributed by atoms with Crippen LogP contribution < -0.4 is 5.32 Å². The summed E-state index contributed by atoms with van der Waals surface area (Å²) >= 11 is 0. The number of nitrogens with one attached hydrogen (secondary N) is 1. The number of rotatable bonds is 5. The van der Waals surface area contributed by atoms with Crippen molar-refractivity contribution in [2.45, 2.75) is 25.6 Å². The van der Waals surface area contributed by atoms with Gasteiger partial charge < -0.3 is 9.80 Å². The summed E-state index contributed by atoms with van der Waals surface area (Å²) in [5, 5.41) is 3.16. The van der Waals surface area contributed by atoms with E-state index in [1.165, 1.54) is 12.1 Å². The minimum Gasteiger partial charge on any atom is -0.319 e. The van der Waals surface area contributed by atoms with Gasteiger partial charge in [0.1, 0.15) is 12.0 Å². The number of hydrogen-bond acceptors (Lipinski definition) is 3. The Bertz CT molecular complexity index is 478. The fourth-order valence-corrected chi connectivity index (χ4v) is 2.56. The maximum absolute atomic E-state index is 13.4. The molecule has 4 nitrogen and oxygen atoms in total. The predicted octanol–water partition coefficient (Wildman–Crippen LogP) is 1.60. The molecule has 0 aliphatic carbocycles. The molecule has 1 aromatic carbocycles. The second-order valence-corrected chi connectivity index (χ2v) is 5.58. The number of amides is 1. The third kappa shape index (κ3) is 3.35. The van der Waals surface area contributed by atoms with Crippen LogP contribution in [0.25, 0.3) is 0 Å². The van der Waals surface area contributed by atoms with Crippen molar-refractivity contribution in [3.8, 4) is 0 Å². The second-order valence-electron chi connectivity index (χ2n) is 5.58. The molecule has 20 heavy (non-hydrogen) atoms. The predicted molar refractivity (Wildman–Crippen MR) is 76.6 cm³/mol. The maximum atomic E-state index is 13.4. The zero-order valence-electron chi connectivity index (χ0n) is 12.3. The molecule has 0 radical (unpaired) electrons. The van der Waals surface area contributed by atoms with E-state index >= 15 is 0 Å². The van der Waals surface area contributed by atoms with Gasteiger partial charge in [0.05, 0.1) is 6.54 Å². The van der Waals surface area contributed by atoms with Gasteiger partial charge in [-0.05, 0) is 51.7 Å². The number of hydrogen-bond donors (Lipinski definition) is 1. The SMILES string of the molecule is CC(CCN(C)C)N1C(=O)CNC1c1cccc(F)c1. The molecule has 2 rings (SSSR count). The van der Waals surface area contributed by atoms with Crippen molar-refractivity contribution in [3.63, 3.8) is 0 Å². The van der Waals surface area contributed by atoms with Crippen LogP contribution in [0.1, 0.15) is 25.1 Å². The van der Waals surface area contributed by atoms with Crippen molar-refractivity contribution in [2.75, 3.05) is 27.2 Å². The molecule has 110 valence electrons. The van der Waals surface area contributed by atoms with Gasteiger partial charge in [-0.15, -0.1) is 0 Å². The summed E-state index contributed by atoms with van der Waals surface area (Å²) in [6, 6.07) is 6.55. The average molecular weight is 279 g/mol. The molecular formula is C15H22FN3O. The molecule has 0 spiro atoms. The average Bonchev–Trinajstić information content (AvgIpc) is 2.78. The molecule has 1 heterocycles. The summed E-state index contributed by atoms with van der Waals surface area (Å²) in [5.41, 5.74) is 0.799. The quantitative estimate of drug-likeness (QED) is 0.889. The fourth-order valence-electron chi connectivity index (χ4n) is 2.56. The van der Waals surface area contributed by atoms with Crippen molar-refractivity contribution in [1.82, 2.24) is 15.1 Å². The topological polar surface area (TPSA) is 35.6 Å². The summed E-state index contributed by atoms with van der Waals surface area (Å²) in [4.78, 5) is 16.0. The lowest BCUT2D eigenvalue weighted by Crippen LogP contribution is -2.39. The summed E-state index contributed by atoms with van der Waals surface area (Å²) in [7, 11) is 4.03. The third-order valence-corrected chi connectivity index (χ3v) is 3.65. The molecule has 2 atom stereocenters. The Morgan fingerprint density at radius 1 is 1.50 bits per heavy atom. The molecule has 1 aromatic rings. The summed E-state index contributed by atoms with van der Waals surface area (Å²) < 4.78 is 13.4. The Morgan fingerprint density at radius 3 is 2.90 bits per heavy atom. The van der Waals surface area contributed by atoms with Gasteiger partial charge in [-0.3, -0.25) is 10.1 Å². The van der Waals surface area contributed by atoms with Crippen LogP contribution in [0.3, 0.4) is 0 Å². The molecule has 1 N–H and O–H groups in total. The van der Waals surface area contributed by atoms with Crippen LogP contribution in [0, 0.1) is 5.82 Å². The standard InChI is InChI=1S/C15H22FN3O/c1-11(7-8-18(2)3)19-14(20)10-17-15(19)12-5-4-6-13(16)9-12/h4-6,9,11,15,17H,7-8,10H2,1-3H3. The van der Waals surface area contributed by atoms with E-state index in [0.29, 0.717) is 6.54 Å². The van der Waals surface area contributed by atoms with Crippen molar-refractivity contribution >= 4 is 5.91 Å². The van der Waals surface area contributed by atoms with Crippen LogP contribution >= 0.6 is 0 Å². The smallest absolute Gasteiger partial charge is 0.238 e. The van der Waals surface area contributed by atoms with E-state index in [-0.39, 0.29) is 23.9 Å². The van der Waals surface area contributed by atoms with Gasteiger partial charge in [0.2, 0.25) is 5.91 Å². The van der Waals surface area contributed by atoms with Crippen molar-refractivity contribution < 1.29 is 9.18 Å². The van der Waals surface area contributed by atoms with E-state index < -0.39 is 0 Å². The van der Waals surface area contributed by atoms with Crippen LogP contribution in [0.15, 0.2) is 24.3 Å². The Balaban J connectivity index is 2.14. The molecular weight excluding hydrogens is 257 g/mol. The van der Waals surface area contributed by atoms with Gasteiger partial charge in [0.15, 0.2) is 0 Å². The molecule has 1 amide bonds. The van der Waals surface area contributed by atoms with Crippen molar-refractivity contribution in [1.29, 1.82) is 0 Å². The van der Waals surface area contributed by atoms with E-state index in [1.807, 2.05) is 32.0 Å². The molecule has 1 saturated heterocycles. The van der Waals surface area contributed by atoms with Gasteiger partial charge in [0, 0.05) is 6.04 Å².